The molecule has 1 atom stereocenters. The molecule has 148 valence electrons. The number of likely N-dealkylation sites (N-methyl/N-ethyl adjacent to an activating group) is 1. The summed E-state index contributed by atoms with van der Waals surface area (Å²) in [6.45, 7) is 2.26. The molecule has 1 aromatic carbocycles. The Balaban J connectivity index is 1.99. The highest BCUT2D eigenvalue weighted by Crippen LogP contribution is 2.41. The van der Waals surface area contributed by atoms with E-state index in [1.54, 1.807) is 44.4 Å². The van der Waals surface area contributed by atoms with Gasteiger partial charge in [0.25, 0.3) is 0 Å². The van der Waals surface area contributed by atoms with Gasteiger partial charge in [-0.15, -0.1) is 11.3 Å². The van der Waals surface area contributed by atoms with Crippen LogP contribution in [0.2, 0.25) is 0 Å². The van der Waals surface area contributed by atoms with E-state index in [0.717, 1.165) is 15.3 Å². The number of hydrogen-bond acceptors (Lipinski definition) is 5. The van der Waals surface area contributed by atoms with Crippen LogP contribution in [0.3, 0.4) is 0 Å². The molecule has 0 spiro atoms. The van der Waals surface area contributed by atoms with E-state index < -0.39 is 12.0 Å². The molecule has 3 rings (SSSR count). The first-order chi connectivity index (χ1) is 13.5. The molecule has 2 amide bonds. The van der Waals surface area contributed by atoms with Crippen LogP contribution in [-0.2, 0) is 14.3 Å². The number of amides is 2. The predicted molar refractivity (Wildman–Crippen MR) is 109 cm³/mol. The van der Waals surface area contributed by atoms with Gasteiger partial charge < -0.3 is 19.3 Å². The Hall–Kier alpha value is -2.64. The number of urea groups is 1. The molecule has 1 aromatic heterocycles. The Bertz CT molecular complexity index is 891. The quantitative estimate of drug-likeness (QED) is 0.545. The summed E-state index contributed by atoms with van der Waals surface area (Å²) in [6.07, 6.45) is 0. The van der Waals surface area contributed by atoms with Crippen LogP contribution in [0.15, 0.2) is 53.7 Å². The maximum absolute atomic E-state index is 12.8. The highest BCUT2D eigenvalue weighted by atomic mass is 32.1. The van der Waals surface area contributed by atoms with Gasteiger partial charge in [-0.3, -0.25) is 0 Å². The monoisotopic (exact) mass is 400 g/mol. The van der Waals surface area contributed by atoms with Gasteiger partial charge in [-0.2, -0.15) is 0 Å². The molecule has 0 saturated heterocycles. The van der Waals surface area contributed by atoms with E-state index in [0.29, 0.717) is 17.9 Å². The van der Waals surface area contributed by atoms with Gasteiger partial charge in [0.1, 0.15) is 12.6 Å². The normalized spacial score (nSPS) is 17.3. The van der Waals surface area contributed by atoms with Crippen LogP contribution in [0.1, 0.15) is 17.8 Å². The van der Waals surface area contributed by atoms with E-state index in [-0.39, 0.29) is 12.6 Å². The molecule has 1 aliphatic rings. The van der Waals surface area contributed by atoms with Crippen molar-refractivity contribution in [2.24, 2.45) is 0 Å². The van der Waals surface area contributed by atoms with Crippen LogP contribution < -0.4 is 0 Å². The van der Waals surface area contributed by atoms with Crippen molar-refractivity contribution in [3.8, 4) is 10.4 Å². The summed E-state index contributed by atoms with van der Waals surface area (Å²) in [5, 5.41) is 0. The molecular weight excluding hydrogens is 376 g/mol. The number of hydrogen-bond donors (Lipinski definition) is 0. The maximum atomic E-state index is 12.8. The molecule has 0 aliphatic carbocycles. The lowest BCUT2D eigenvalue weighted by atomic mass is 9.99. The SMILES string of the molecule is COCCOC(=O)C1=C(C)N(C)C(=O)N(C)[C@H]1c1ccc(-c2ccccc2)s1. The van der Waals surface area contributed by atoms with Gasteiger partial charge in [0.15, 0.2) is 0 Å². The Morgan fingerprint density at radius 3 is 2.50 bits per heavy atom. The number of thiophene rings is 1. The molecule has 0 saturated carbocycles. The van der Waals surface area contributed by atoms with Gasteiger partial charge in [-0.1, -0.05) is 30.3 Å². The summed E-state index contributed by atoms with van der Waals surface area (Å²) in [4.78, 5) is 30.6. The smallest absolute Gasteiger partial charge is 0.338 e. The molecule has 28 heavy (non-hydrogen) atoms. The number of methoxy groups -OCH3 is 1. The first-order valence-corrected chi connectivity index (χ1v) is 9.79. The second kappa shape index (κ2) is 8.58. The average molecular weight is 401 g/mol. The molecule has 0 N–H and O–H groups in total. The number of benzene rings is 1. The number of allylic oxidation sites excluding steroid dienone is 1. The zero-order valence-corrected chi connectivity index (χ0v) is 17.3. The van der Waals surface area contributed by atoms with E-state index in [1.165, 1.54) is 4.90 Å². The fourth-order valence-corrected chi connectivity index (χ4v) is 4.38. The second-order valence-corrected chi connectivity index (χ2v) is 7.67. The van der Waals surface area contributed by atoms with Crippen molar-refractivity contribution in [2.75, 3.05) is 34.4 Å². The zero-order chi connectivity index (χ0) is 20.3. The molecule has 6 nitrogen and oxygen atoms in total. The van der Waals surface area contributed by atoms with Gasteiger partial charge >= 0.3 is 12.0 Å². The first-order valence-electron chi connectivity index (χ1n) is 8.98. The second-order valence-electron chi connectivity index (χ2n) is 6.55. The minimum Gasteiger partial charge on any atom is -0.460 e. The van der Waals surface area contributed by atoms with Gasteiger partial charge in [0, 0.05) is 36.7 Å². The van der Waals surface area contributed by atoms with Crippen molar-refractivity contribution in [3.63, 3.8) is 0 Å². The average Bonchev–Trinajstić information content (AvgIpc) is 3.19. The number of rotatable bonds is 6. The Morgan fingerprint density at radius 2 is 1.82 bits per heavy atom. The van der Waals surface area contributed by atoms with E-state index in [9.17, 15) is 9.59 Å². The number of nitrogens with zero attached hydrogens (tertiary/aromatic N) is 2. The summed E-state index contributed by atoms with van der Waals surface area (Å²) in [5.74, 6) is -0.430. The first kappa shape index (κ1) is 20.1. The summed E-state index contributed by atoms with van der Waals surface area (Å²) in [7, 11) is 4.93. The molecule has 2 heterocycles. The minimum atomic E-state index is -0.485. The van der Waals surface area contributed by atoms with Crippen LogP contribution in [0, 0.1) is 0 Å². The number of ether oxygens (including phenoxy) is 2. The lowest BCUT2D eigenvalue weighted by molar-refractivity contribution is -0.141. The highest BCUT2D eigenvalue weighted by molar-refractivity contribution is 7.15. The van der Waals surface area contributed by atoms with Gasteiger partial charge in [0.2, 0.25) is 0 Å². The zero-order valence-electron chi connectivity index (χ0n) is 16.5. The third-order valence-corrected chi connectivity index (χ3v) is 6.02. The third-order valence-electron chi connectivity index (χ3n) is 4.84. The Kier molecular flexibility index (Phi) is 6.16. The Morgan fingerprint density at radius 1 is 1.11 bits per heavy atom. The summed E-state index contributed by atoms with van der Waals surface area (Å²) >= 11 is 1.57. The molecule has 2 aromatic rings. The van der Waals surface area contributed by atoms with E-state index in [2.05, 4.69) is 0 Å². The largest absolute Gasteiger partial charge is 0.460 e. The predicted octanol–water partition coefficient (Wildman–Crippen LogP) is 3.92. The maximum Gasteiger partial charge on any atom is 0.338 e. The van der Waals surface area contributed by atoms with Crippen LogP contribution in [-0.4, -0.2) is 56.2 Å². The van der Waals surface area contributed by atoms with Gasteiger partial charge in [0.05, 0.1) is 12.2 Å². The molecular formula is C21H24N2O4S. The van der Waals surface area contributed by atoms with Crippen molar-refractivity contribution in [3.05, 3.63) is 58.6 Å². The molecule has 7 heteroatoms. The van der Waals surface area contributed by atoms with Crippen molar-refractivity contribution >= 4 is 23.3 Å². The van der Waals surface area contributed by atoms with E-state index >= 15 is 0 Å². The van der Waals surface area contributed by atoms with Crippen molar-refractivity contribution in [1.82, 2.24) is 9.80 Å². The van der Waals surface area contributed by atoms with Gasteiger partial charge in [-0.05, 0) is 24.6 Å². The van der Waals surface area contributed by atoms with Crippen LogP contribution >= 0.6 is 11.3 Å². The van der Waals surface area contributed by atoms with Crippen LogP contribution in [0.4, 0.5) is 4.79 Å². The van der Waals surface area contributed by atoms with Crippen molar-refractivity contribution < 1.29 is 19.1 Å². The summed E-state index contributed by atoms with van der Waals surface area (Å²) in [5.41, 5.74) is 2.18. The molecule has 0 bridgehead atoms. The lowest BCUT2D eigenvalue weighted by Gasteiger charge is -2.38. The standard InChI is InChI=1S/C21H24N2O4S/c1-14-18(20(24)27-13-12-26-4)19(23(3)21(25)22(14)2)17-11-10-16(28-17)15-8-6-5-7-9-15/h5-11,19H,12-13H2,1-4H3/t19-/m0/s1. The van der Waals surface area contributed by atoms with Crippen molar-refractivity contribution in [1.29, 1.82) is 0 Å². The Labute approximate surface area is 169 Å². The number of carbonyl (C=O) groups excluding carboxylic acids is 2. The molecule has 0 fully saturated rings. The topological polar surface area (TPSA) is 59.1 Å². The molecule has 1 aliphatic heterocycles. The van der Waals surface area contributed by atoms with E-state index in [1.807, 2.05) is 42.5 Å². The number of carbonyl (C=O) groups is 2. The number of esters is 1. The molecule has 0 radical (unpaired) electrons. The third kappa shape index (κ3) is 3.81. The summed E-state index contributed by atoms with van der Waals surface area (Å²) in [6, 6.07) is 13.4. The highest BCUT2D eigenvalue weighted by Gasteiger charge is 2.40. The molecule has 0 unspecified atom stereocenters. The summed E-state index contributed by atoms with van der Waals surface area (Å²) < 4.78 is 10.3. The van der Waals surface area contributed by atoms with E-state index in [4.69, 9.17) is 9.47 Å². The van der Waals surface area contributed by atoms with Gasteiger partial charge in [-0.25, -0.2) is 9.59 Å². The minimum absolute atomic E-state index is 0.161. The fourth-order valence-electron chi connectivity index (χ4n) is 3.21. The van der Waals surface area contributed by atoms with Crippen molar-refractivity contribution in [2.45, 2.75) is 13.0 Å². The lowest BCUT2D eigenvalue weighted by Crippen LogP contribution is -2.47. The van der Waals surface area contributed by atoms with Crippen LogP contribution in [0.25, 0.3) is 10.4 Å². The van der Waals surface area contributed by atoms with Crippen LogP contribution in [0.5, 0.6) is 0 Å². The fraction of sp³-hybridized carbons (Fsp3) is 0.333.